The Morgan fingerprint density at radius 3 is 3.00 bits per heavy atom. The van der Waals surface area contributed by atoms with E-state index in [1.807, 2.05) is 0 Å². The van der Waals surface area contributed by atoms with Crippen LogP contribution in [0.4, 0.5) is 0 Å². The minimum absolute atomic E-state index is 0.210. The first kappa shape index (κ1) is 10.1. The Bertz CT molecular complexity index is 379. The second-order valence-electron chi connectivity index (χ2n) is 5.02. The molecule has 3 aliphatic rings. The first-order valence-electron chi connectivity index (χ1n) is 5.47. The summed E-state index contributed by atoms with van der Waals surface area (Å²) in [5, 5.41) is 0. The molecule has 1 spiro atoms. The molecule has 3 saturated heterocycles. The minimum atomic E-state index is -0.874. The molecule has 4 atom stereocenters. The van der Waals surface area contributed by atoms with Crippen LogP contribution in [0.2, 0.25) is 0 Å². The lowest BCUT2D eigenvalue weighted by Crippen LogP contribution is -2.49. The number of rotatable bonds is 1. The van der Waals surface area contributed by atoms with Crippen LogP contribution in [-0.4, -0.2) is 37.4 Å². The van der Waals surface area contributed by atoms with E-state index in [0.29, 0.717) is 0 Å². The van der Waals surface area contributed by atoms with Crippen molar-refractivity contribution in [3.8, 4) is 0 Å². The zero-order valence-electron chi connectivity index (χ0n) is 9.32. The number of esters is 2. The molecular weight excluding hydrogens is 212 g/mol. The average Bonchev–Trinajstić information content (AvgIpc) is 2.90. The number of cyclic esters (lactones) is 1. The molecule has 3 heterocycles. The highest BCUT2D eigenvalue weighted by molar-refractivity contribution is 5.89. The van der Waals surface area contributed by atoms with Crippen LogP contribution in [0.1, 0.15) is 19.8 Å². The van der Waals surface area contributed by atoms with E-state index in [2.05, 4.69) is 0 Å². The van der Waals surface area contributed by atoms with Crippen LogP contribution in [0.3, 0.4) is 0 Å². The van der Waals surface area contributed by atoms with Crippen LogP contribution in [0.5, 0.6) is 0 Å². The fourth-order valence-corrected chi connectivity index (χ4v) is 3.54. The van der Waals surface area contributed by atoms with Gasteiger partial charge in [-0.05, 0) is 19.8 Å². The lowest BCUT2D eigenvalue weighted by Gasteiger charge is -2.33. The Balaban J connectivity index is 2.08. The van der Waals surface area contributed by atoms with Crippen molar-refractivity contribution in [3.05, 3.63) is 0 Å². The maximum absolute atomic E-state index is 11.9. The Labute approximate surface area is 93.0 Å². The second kappa shape index (κ2) is 2.77. The Kier molecular flexibility index (Phi) is 1.74. The molecule has 16 heavy (non-hydrogen) atoms. The summed E-state index contributed by atoms with van der Waals surface area (Å²) in [6.07, 6.45) is 1.37. The average molecular weight is 226 g/mol. The standard InChI is InChI=1S/C11H14O5/c1-10(9(13)14-2)6-3-4-11(16-6)5-15-8(12)7(10)11/h6-7H,3-5H2,1-2H3/t6-,7+,10-,11+/m1/s1. The molecule has 3 aliphatic heterocycles. The molecule has 88 valence electrons. The molecule has 0 unspecified atom stereocenters. The third-order valence-corrected chi connectivity index (χ3v) is 4.32. The summed E-state index contributed by atoms with van der Waals surface area (Å²) in [6.45, 7) is 2.03. The highest BCUT2D eigenvalue weighted by atomic mass is 16.6. The Morgan fingerprint density at radius 1 is 1.56 bits per heavy atom. The molecule has 3 fully saturated rings. The zero-order chi connectivity index (χ0) is 11.6. The molecule has 0 N–H and O–H groups in total. The third-order valence-electron chi connectivity index (χ3n) is 4.32. The second-order valence-corrected chi connectivity index (χ2v) is 5.02. The van der Waals surface area contributed by atoms with E-state index >= 15 is 0 Å². The van der Waals surface area contributed by atoms with Gasteiger partial charge < -0.3 is 14.2 Å². The molecule has 2 bridgehead atoms. The summed E-state index contributed by atoms with van der Waals surface area (Å²) in [5.41, 5.74) is -1.44. The first-order valence-corrected chi connectivity index (χ1v) is 5.47. The molecule has 0 aromatic heterocycles. The zero-order valence-corrected chi connectivity index (χ0v) is 9.32. The van der Waals surface area contributed by atoms with Gasteiger partial charge in [0.1, 0.15) is 23.5 Å². The fourth-order valence-electron chi connectivity index (χ4n) is 3.54. The molecule has 0 radical (unpaired) electrons. The van der Waals surface area contributed by atoms with Gasteiger partial charge in [-0.25, -0.2) is 0 Å². The molecule has 5 nitrogen and oxygen atoms in total. The SMILES string of the molecule is COC(=O)[C@@]1(C)[C@@H]2C(=O)OC[C@@]23CC[C@H]1O3. The van der Waals surface area contributed by atoms with Crippen molar-refractivity contribution in [2.75, 3.05) is 13.7 Å². The van der Waals surface area contributed by atoms with E-state index in [0.717, 1.165) is 12.8 Å². The van der Waals surface area contributed by atoms with E-state index < -0.39 is 16.9 Å². The lowest BCUT2D eigenvalue weighted by atomic mass is 9.63. The Morgan fingerprint density at radius 2 is 2.31 bits per heavy atom. The van der Waals surface area contributed by atoms with Crippen LogP contribution in [-0.2, 0) is 23.8 Å². The maximum atomic E-state index is 11.9. The quantitative estimate of drug-likeness (QED) is 0.600. The molecule has 0 aromatic carbocycles. The van der Waals surface area contributed by atoms with Gasteiger partial charge in [0.15, 0.2) is 0 Å². The molecule has 0 aliphatic carbocycles. The number of methoxy groups -OCH3 is 1. The van der Waals surface area contributed by atoms with Crippen molar-refractivity contribution in [1.29, 1.82) is 0 Å². The van der Waals surface area contributed by atoms with E-state index in [9.17, 15) is 9.59 Å². The molecule has 0 aromatic rings. The number of hydrogen-bond acceptors (Lipinski definition) is 5. The topological polar surface area (TPSA) is 61.8 Å². The van der Waals surface area contributed by atoms with E-state index in [1.165, 1.54) is 7.11 Å². The molecule has 0 amide bonds. The van der Waals surface area contributed by atoms with Crippen LogP contribution in [0, 0.1) is 11.3 Å². The summed E-state index contributed by atoms with van der Waals surface area (Å²) in [5.74, 6) is -1.19. The van der Waals surface area contributed by atoms with Gasteiger partial charge in [0, 0.05) is 0 Å². The van der Waals surface area contributed by atoms with Gasteiger partial charge in [0.05, 0.1) is 13.2 Å². The van der Waals surface area contributed by atoms with Gasteiger partial charge in [0.2, 0.25) is 0 Å². The highest BCUT2D eigenvalue weighted by Crippen LogP contribution is 2.61. The number of carbonyl (C=O) groups is 2. The van der Waals surface area contributed by atoms with Gasteiger partial charge in [-0.2, -0.15) is 0 Å². The molecule has 5 heteroatoms. The summed E-state index contributed by atoms with van der Waals surface area (Å²) in [4.78, 5) is 23.7. The molecule has 0 saturated carbocycles. The molecular formula is C11H14O5. The lowest BCUT2D eigenvalue weighted by molar-refractivity contribution is -0.164. The smallest absolute Gasteiger partial charge is 0.315 e. The maximum Gasteiger partial charge on any atom is 0.315 e. The van der Waals surface area contributed by atoms with Crippen molar-refractivity contribution in [2.45, 2.75) is 31.5 Å². The van der Waals surface area contributed by atoms with Gasteiger partial charge in [-0.1, -0.05) is 0 Å². The number of carbonyl (C=O) groups excluding carboxylic acids is 2. The number of hydrogen-bond donors (Lipinski definition) is 0. The van der Waals surface area contributed by atoms with Gasteiger partial charge >= 0.3 is 11.9 Å². The van der Waals surface area contributed by atoms with Crippen molar-refractivity contribution in [2.24, 2.45) is 11.3 Å². The van der Waals surface area contributed by atoms with Crippen LogP contribution >= 0.6 is 0 Å². The predicted octanol–water partition coefficient (Wildman–Crippen LogP) is 0.270. The van der Waals surface area contributed by atoms with Crippen molar-refractivity contribution < 1.29 is 23.8 Å². The monoisotopic (exact) mass is 226 g/mol. The normalized spacial score (nSPS) is 49.0. The summed E-state index contributed by atoms with van der Waals surface area (Å²) >= 11 is 0. The van der Waals surface area contributed by atoms with Crippen LogP contribution < -0.4 is 0 Å². The van der Waals surface area contributed by atoms with Crippen LogP contribution in [0.15, 0.2) is 0 Å². The molecule has 3 rings (SSSR count). The number of fused-ring (bicyclic) bond motifs is 1. The van der Waals surface area contributed by atoms with Crippen molar-refractivity contribution in [1.82, 2.24) is 0 Å². The minimum Gasteiger partial charge on any atom is -0.469 e. The summed E-state index contributed by atoms with van der Waals surface area (Å²) in [7, 11) is 1.34. The van der Waals surface area contributed by atoms with Crippen molar-refractivity contribution in [3.63, 3.8) is 0 Å². The van der Waals surface area contributed by atoms with Crippen LogP contribution in [0.25, 0.3) is 0 Å². The first-order chi connectivity index (χ1) is 7.54. The largest absolute Gasteiger partial charge is 0.469 e. The predicted molar refractivity (Wildman–Crippen MR) is 51.4 cm³/mol. The van der Waals surface area contributed by atoms with E-state index in [-0.39, 0.29) is 24.6 Å². The van der Waals surface area contributed by atoms with E-state index in [4.69, 9.17) is 14.2 Å². The van der Waals surface area contributed by atoms with E-state index in [1.54, 1.807) is 6.92 Å². The Hall–Kier alpha value is -1.10. The highest BCUT2D eigenvalue weighted by Gasteiger charge is 2.74. The van der Waals surface area contributed by atoms with Gasteiger partial charge in [-0.15, -0.1) is 0 Å². The summed E-state index contributed by atoms with van der Waals surface area (Å²) < 4.78 is 15.7. The summed E-state index contributed by atoms with van der Waals surface area (Å²) in [6, 6.07) is 0. The van der Waals surface area contributed by atoms with Gasteiger partial charge in [0.25, 0.3) is 0 Å². The number of ether oxygens (including phenoxy) is 3. The van der Waals surface area contributed by atoms with Gasteiger partial charge in [-0.3, -0.25) is 9.59 Å². The van der Waals surface area contributed by atoms with Crippen molar-refractivity contribution >= 4 is 11.9 Å². The fraction of sp³-hybridized carbons (Fsp3) is 0.818. The third kappa shape index (κ3) is 0.867.